The summed E-state index contributed by atoms with van der Waals surface area (Å²) < 4.78 is 0. The maximum Gasteiger partial charge on any atom is 0.321 e. The molecule has 1 aromatic rings. The lowest BCUT2D eigenvalue weighted by atomic mass is 10.0. The Labute approximate surface area is 119 Å². The first-order valence-electron chi connectivity index (χ1n) is 6.93. The van der Waals surface area contributed by atoms with Crippen molar-refractivity contribution in [2.45, 2.75) is 26.7 Å². The first-order valence-corrected chi connectivity index (χ1v) is 6.93. The minimum Gasteiger partial charge on any atom is -0.481 e. The zero-order valence-electron chi connectivity index (χ0n) is 12.0. The summed E-state index contributed by atoms with van der Waals surface area (Å²) in [5.74, 6) is -1.40. The third-order valence-electron chi connectivity index (χ3n) is 3.12. The number of hydrogen-bond donors (Lipinski definition) is 2. The maximum atomic E-state index is 12.1. The van der Waals surface area contributed by atoms with Crippen LogP contribution >= 0.6 is 0 Å². The Kier molecular flexibility index (Phi) is 6.56. The number of rotatable bonds is 7. The van der Waals surface area contributed by atoms with Crippen LogP contribution in [0.3, 0.4) is 0 Å². The molecule has 5 nitrogen and oxygen atoms in total. The Morgan fingerprint density at radius 2 is 1.90 bits per heavy atom. The van der Waals surface area contributed by atoms with Crippen LogP contribution in [0.15, 0.2) is 30.3 Å². The minimum absolute atomic E-state index is 0.158. The number of aliphatic carboxylic acids is 1. The largest absolute Gasteiger partial charge is 0.481 e. The minimum atomic E-state index is -0.866. The third-order valence-corrected chi connectivity index (χ3v) is 3.12. The molecule has 0 aliphatic heterocycles. The molecule has 0 fully saturated rings. The number of anilines is 1. The SMILES string of the molecule is CCCC(CNC(=O)N(CC)c1ccccc1)C(=O)O. The van der Waals surface area contributed by atoms with Gasteiger partial charge in [0, 0.05) is 18.8 Å². The smallest absolute Gasteiger partial charge is 0.321 e. The molecule has 2 amide bonds. The van der Waals surface area contributed by atoms with E-state index in [1.807, 2.05) is 44.2 Å². The van der Waals surface area contributed by atoms with Crippen molar-refractivity contribution >= 4 is 17.7 Å². The van der Waals surface area contributed by atoms with E-state index in [9.17, 15) is 9.59 Å². The monoisotopic (exact) mass is 278 g/mol. The van der Waals surface area contributed by atoms with Crippen LogP contribution in [0.4, 0.5) is 10.5 Å². The molecule has 0 heterocycles. The van der Waals surface area contributed by atoms with Gasteiger partial charge in [0.2, 0.25) is 0 Å². The Morgan fingerprint density at radius 1 is 1.25 bits per heavy atom. The van der Waals surface area contributed by atoms with E-state index in [0.29, 0.717) is 13.0 Å². The second kappa shape index (κ2) is 8.19. The zero-order chi connectivity index (χ0) is 15.0. The Morgan fingerprint density at radius 3 is 2.40 bits per heavy atom. The number of carbonyl (C=O) groups is 2. The van der Waals surface area contributed by atoms with Crippen LogP contribution in [0.2, 0.25) is 0 Å². The molecule has 0 saturated carbocycles. The molecule has 0 radical (unpaired) electrons. The molecular weight excluding hydrogens is 256 g/mol. The van der Waals surface area contributed by atoms with Crippen LogP contribution in [-0.2, 0) is 4.79 Å². The number of urea groups is 1. The van der Waals surface area contributed by atoms with E-state index >= 15 is 0 Å². The molecular formula is C15H22N2O3. The highest BCUT2D eigenvalue weighted by atomic mass is 16.4. The van der Waals surface area contributed by atoms with Gasteiger partial charge < -0.3 is 10.4 Å². The van der Waals surface area contributed by atoms with E-state index in [1.54, 1.807) is 4.90 Å². The van der Waals surface area contributed by atoms with Gasteiger partial charge in [-0.1, -0.05) is 31.5 Å². The van der Waals surface area contributed by atoms with Gasteiger partial charge in [-0.3, -0.25) is 9.69 Å². The molecule has 20 heavy (non-hydrogen) atoms. The molecule has 0 aromatic heterocycles. The Bertz CT molecular complexity index is 434. The number of carbonyl (C=O) groups excluding carboxylic acids is 1. The van der Waals surface area contributed by atoms with E-state index in [0.717, 1.165) is 12.1 Å². The van der Waals surface area contributed by atoms with Gasteiger partial charge in [0.1, 0.15) is 0 Å². The van der Waals surface area contributed by atoms with Gasteiger partial charge in [0.25, 0.3) is 0 Å². The van der Waals surface area contributed by atoms with Crippen LogP contribution in [0.1, 0.15) is 26.7 Å². The number of carboxylic acid groups (broad SMARTS) is 1. The summed E-state index contributed by atoms with van der Waals surface area (Å²) in [6.07, 6.45) is 1.34. The second-order valence-electron chi connectivity index (χ2n) is 4.59. The molecule has 5 heteroatoms. The first kappa shape index (κ1) is 16.0. The van der Waals surface area contributed by atoms with Crippen molar-refractivity contribution in [2.75, 3.05) is 18.0 Å². The Hall–Kier alpha value is -2.04. The van der Waals surface area contributed by atoms with Crippen molar-refractivity contribution in [3.8, 4) is 0 Å². The number of para-hydroxylation sites is 1. The van der Waals surface area contributed by atoms with Gasteiger partial charge in [-0.2, -0.15) is 0 Å². The fourth-order valence-electron chi connectivity index (χ4n) is 2.02. The normalized spacial score (nSPS) is 11.7. The topological polar surface area (TPSA) is 69.6 Å². The third kappa shape index (κ3) is 4.57. The summed E-state index contributed by atoms with van der Waals surface area (Å²) in [7, 11) is 0. The maximum absolute atomic E-state index is 12.1. The number of hydrogen-bond acceptors (Lipinski definition) is 2. The average Bonchev–Trinajstić information content (AvgIpc) is 2.45. The summed E-state index contributed by atoms with van der Waals surface area (Å²) in [5.41, 5.74) is 0.801. The van der Waals surface area contributed by atoms with E-state index in [-0.39, 0.29) is 12.6 Å². The highest BCUT2D eigenvalue weighted by Gasteiger charge is 2.19. The number of nitrogens with one attached hydrogen (secondary N) is 1. The zero-order valence-corrected chi connectivity index (χ0v) is 12.0. The van der Waals surface area contributed by atoms with Crippen molar-refractivity contribution in [1.29, 1.82) is 0 Å². The van der Waals surface area contributed by atoms with Gasteiger partial charge in [-0.25, -0.2) is 4.79 Å². The molecule has 0 saturated heterocycles. The summed E-state index contributed by atoms with van der Waals surface area (Å²) in [6.45, 7) is 4.50. The van der Waals surface area contributed by atoms with Gasteiger partial charge in [0.05, 0.1) is 5.92 Å². The van der Waals surface area contributed by atoms with Crippen molar-refractivity contribution in [3.63, 3.8) is 0 Å². The number of nitrogens with zero attached hydrogens (tertiary/aromatic N) is 1. The quantitative estimate of drug-likeness (QED) is 0.805. The van der Waals surface area contributed by atoms with Gasteiger partial charge >= 0.3 is 12.0 Å². The van der Waals surface area contributed by atoms with E-state index in [4.69, 9.17) is 5.11 Å². The lowest BCUT2D eigenvalue weighted by Gasteiger charge is -2.22. The molecule has 2 N–H and O–H groups in total. The number of benzene rings is 1. The van der Waals surface area contributed by atoms with Gasteiger partial charge in [0.15, 0.2) is 0 Å². The molecule has 110 valence electrons. The number of carboxylic acids is 1. The molecule has 0 aliphatic carbocycles. The summed E-state index contributed by atoms with van der Waals surface area (Å²) in [4.78, 5) is 24.8. The van der Waals surface area contributed by atoms with Crippen LogP contribution in [0.25, 0.3) is 0 Å². The fourth-order valence-corrected chi connectivity index (χ4v) is 2.02. The lowest BCUT2D eigenvalue weighted by Crippen LogP contribution is -2.43. The highest BCUT2D eigenvalue weighted by molar-refractivity contribution is 5.92. The van der Waals surface area contributed by atoms with E-state index in [1.165, 1.54) is 0 Å². The molecule has 1 aromatic carbocycles. The van der Waals surface area contributed by atoms with Crippen molar-refractivity contribution < 1.29 is 14.7 Å². The van der Waals surface area contributed by atoms with Gasteiger partial charge in [-0.15, -0.1) is 0 Å². The highest BCUT2D eigenvalue weighted by Crippen LogP contribution is 2.13. The number of amides is 2. The van der Waals surface area contributed by atoms with Gasteiger partial charge in [-0.05, 0) is 25.5 Å². The van der Waals surface area contributed by atoms with Crippen molar-refractivity contribution in [2.24, 2.45) is 5.92 Å². The first-order chi connectivity index (χ1) is 9.60. The molecule has 0 aliphatic rings. The molecule has 1 rings (SSSR count). The summed E-state index contributed by atoms with van der Waals surface area (Å²) in [6, 6.07) is 9.05. The fraction of sp³-hybridized carbons (Fsp3) is 0.467. The lowest BCUT2D eigenvalue weighted by molar-refractivity contribution is -0.141. The standard InChI is InChI=1S/C15H22N2O3/c1-3-8-12(14(18)19)11-16-15(20)17(4-2)13-9-6-5-7-10-13/h5-7,9-10,12H,3-4,8,11H2,1-2H3,(H,16,20)(H,18,19). The summed E-state index contributed by atoms with van der Waals surface area (Å²) in [5, 5.41) is 11.8. The van der Waals surface area contributed by atoms with Crippen molar-refractivity contribution in [1.82, 2.24) is 5.32 Å². The Balaban J connectivity index is 2.62. The van der Waals surface area contributed by atoms with Crippen molar-refractivity contribution in [3.05, 3.63) is 30.3 Å². The average molecular weight is 278 g/mol. The predicted molar refractivity (Wildman–Crippen MR) is 78.9 cm³/mol. The van der Waals surface area contributed by atoms with E-state index in [2.05, 4.69) is 5.32 Å². The van der Waals surface area contributed by atoms with Crippen LogP contribution < -0.4 is 10.2 Å². The van der Waals surface area contributed by atoms with Crippen LogP contribution in [-0.4, -0.2) is 30.2 Å². The molecule has 0 bridgehead atoms. The van der Waals surface area contributed by atoms with Crippen LogP contribution in [0.5, 0.6) is 0 Å². The molecule has 1 atom stereocenters. The van der Waals surface area contributed by atoms with Crippen LogP contribution in [0, 0.1) is 5.92 Å². The second-order valence-corrected chi connectivity index (χ2v) is 4.59. The molecule has 0 spiro atoms. The molecule has 1 unspecified atom stereocenters. The summed E-state index contributed by atoms with van der Waals surface area (Å²) >= 11 is 0. The predicted octanol–water partition coefficient (Wildman–Crippen LogP) is 2.72. The van der Waals surface area contributed by atoms with E-state index < -0.39 is 11.9 Å².